The third-order valence-corrected chi connectivity index (χ3v) is 3.21. The van der Waals surface area contributed by atoms with Crippen LogP contribution in [0.3, 0.4) is 0 Å². The van der Waals surface area contributed by atoms with Crippen LogP contribution in [-0.4, -0.2) is 47.5 Å². The molecule has 2 heterocycles. The molecule has 0 amide bonds. The summed E-state index contributed by atoms with van der Waals surface area (Å²) in [5.74, 6) is 0.300. The maximum atomic E-state index is 11.9. The number of nitrogens with two attached hydrogens (primary N) is 1. The first kappa shape index (κ1) is 16.2. The Morgan fingerprint density at radius 3 is 2.67 bits per heavy atom. The average molecular weight is 308 g/mol. The smallest absolute Gasteiger partial charge is 0.362 e. The Labute approximate surface area is 120 Å². The van der Waals surface area contributed by atoms with Crippen LogP contribution in [0.4, 0.5) is 13.2 Å². The Morgan fingerprint density at radius 2 is 2.00 bits per heavy atom. The molecule has 1 atom stereocenters. The molecule has 0 bridgehead atoms. The molecule has 1 aromatic heterocycles. The lowest BCUT2D eigenvalue weighted by Gasteiger charge is -2.27. The van der Waals surface area contributed by atoms with Gasteiger partial charge >= 0.3 is 6.18 Å². The molecule has 1 saturated heterocycles. The molecule has 0 saturated carbocycles. The highest BCUT2D eigenvalue weighted by Crippen LogP contribution is 2.16. The Kier molecular flexibility index (Phi) is 5.54. The van der Waals surface area contributed by atoms with Crippen LogP contribution in [0.1, 0.15) is 37.0 Å². The molecule has 1 aliphatic heterocycles. The zero-order valence-corrected chi connectivity index (χ0v) is 11.6. The highest BCUT2D eigenvalue weighted by atomic mass is 19.4. The van der Waals surface area contributed by atoms with Crippen molar-refractivity contribution in [2.24, 2.45) is 5.73 Å². The summed E-state index contributed by atoms with van der Waals surface area (Å²) < 4.78 is 45.1. The molecule has 9 heteroatoms. The van der Waals surface area contributed by atoms with Crippen molar-refractivity contribution in [2.75, 3.05) is 26.2 Å². The van der Waals surface area contributed by atoms with Crippen LogP contribution in [0.2, 0.25) is 0 Å². The summed E-state index contributed by atoms with van der Waals surface area (Å²) in [7, 11) is 0. The van der Waals surface area contributed by atoms with Gasteiger partial charge in [-0.15, -0.1) is 0 Å². The van der Waals surface area contributed by atoms with E-state index in [4.69, 9.17) is 10.3 Å². The standard InChI is InChI=1S/C12H19F3N4O2/c13-12(14,15)8-20-7-10-17-11(18-21-10)9(16)6-19-4-2-1-3-5-19/h9H,1-8,16H2. The van der Waals surface area contributed by atoms with Crippen LogP contribution < -0.4 is 5.73 Å². The quantitative estimate of drug-likeness (QED) is 0.861. The van der Waals surface area contributed by atoms with Gasteiger partial charge in [-0.05, 0) is 25.9 Å². The summed E-state index contributed by atoms with van der Waals surface area (Å²) in [5, 5.41) is 3.70. The van der Waals surface area contributed by atoms with E-state index < -0.39 is 18.8 Å². The zero-order valence-electron chi connectivity index (χ0n) is 11.6. The molecule has 0 aliphatic carbocycles. The van der Waals surface area contributed by atoms with Crippen molar-refractivity contribution in [3.05, 3.63) is 11.7 Å². The predicted octanol–water partition coefficient (Wildman–Crippen LogP) is 1.63. The van der Waals surface area contributed by atoms with Gasteiger partial charge in [0.25, 0.3) is 5.89 Å². The molecule has 2 rings (SSSR count). The van der Waals surface area contributed by atoms with Gasteiger partial charge in [0.2, 0.25) is 0 Å². The second-order valence-corrected chi connectivity index (χ2v) is 5.12. The molecule has 120 valence electrons. The SMILES string of the molecule is NC(CN1CCCCC1)c1noc(COCC(F)(F)F)n1. The van der Waals surface area contributed by atoms with E-state index in [9.17, 15) is 13.2 Å². The first-order chi connectivity index (χ1) is 9.94. The number of likely N-dealkylation sites (tertiary alicyclic amines) is 1. The van der Waals surface area contributed by atoms with E-state index in [2.05, 4.69) is 19.8 Å². The van der Waals surface area contributed by atoms with Crippen molar-refractivity contribution in [1.29, 1.82) is 0 Å². The number of hydrogen-bond donors (Lipinski definition) is 1. The molecule has 6 nitrogen and oxygen atoms in total. The average Bonchev–Trinajstić information content (AvgIpc) is 2.87. The number of ether oxygens (including phenoxy) is 1. The fourth-order valence-corrected chi connectivity index (χ4v) is 2.23. The number of aromatic nitrogens is 2. The highest BCUT2D eigenvalue weighted by Gasteiger charge is 2.28. The van der Waals surface area contributed by atoms with Gasteiger partial charge in [0.05, 0.1) is 6.04 Å². The van der Waals surface area contributed by atoms with Gasteiger partial charge in [0.15, 0.2) is 5.82 Å². The van der Waals surface area contributed by atoms with Crippen molar-refractivity contribution < 1.29 is 22.4 Å². The molecular weight excluding hydrogens is 289 g/mol. The Hall–Kier alpha value is -1.19. The van der Waals surface area contributed by atoms with Crippen molar-refractivity contribution in [3.8, 4) is 0 Å². The zero-order chi connectivity index (χ0) is 15.3. The molecule has 21 heavy (non-hydrogen) atoms. The first-order valence-corrected chi connectivity index (χ1v) is 6.89. The molecule has 0 aromatic carbocycles. The first-order valence-electron chi connectivity index (χ1n) is 6.89. The summed E-state index contributed by atoms with van der Waals surface area (Å²) in [4.78, 5) is 6.20. The van der Waals surface area contributed by atoms with Gasteiger partial charge in [-0.3, -0.25) is 0 Å². The molecule has 2 N–H and O–H groups in total. The predicted molar refractivity (Wildman–Crippen MR) is 67.2 cm³/mol. The van der Waals surface area contributed by atoms with Crippen molar-refractivity contribution in [1.82, 2.24) is 15.0 Å². The summed E-state index contributed by atoms with van der Waals surface area (Å²) in [5.41, 5.74) is 5.99. The molecular formula is C12H19F3N4O2. The summed E-state index contributed by atoms with van der Waals surface area (Å²) in [6.07, 6.45) is -0.840. The van der Waals surface area contributed by atoms with E-state index in [-0.39, 0.29) is 12.5 Å². The van der Waals surface area contributed by atoms with Gasteiger partial charge < -0.3 is 19.9 Å². The molecule has 1 aromatic rings. The lowest BCUT2D eigenvalue weighted by atomic mass is 10.1. The molecule has 1 aliphatic rings. The van der Waals surface area contributed by atoms with E-state index >= 15 is 0 Å². The molecule has 1 fully saturated rings. The normalized spacial score (nSPS) is 18.9. The summed E-state index contributed by atoms with van der Waals surface area (Å²) >= 11 is 0. The monoisotopic (exact) mass is 308 g/mol. The van der Waals surface area contributed by atoms with Gasteiger partial charge in [-0.1, -0.05) is 11.6 Å². The maximum Gasteiger partial charge on any atom is 0.411 e. The van der Waals surface area contributed by atoms with E-state index in [1.165, 1.54) is 6.42 Å². The summed E-state index contributed by atoms with van der Waals surface area (Å²) in [6, 6.07) is -0.414. The van der Waals surface area contributed by atoms with Gasteiger partial charge in [-0.2, -0.15) is 18.2 Å². The number of nitrogens with zero attached hydrogens (tertiary/aromatic N) is 3. The Bertz CT molecular complexity index is 432. The van der Waals surface area contributed by atoms with Crippen LogP contribution in [0, 0.1) is 0 Å². The lowest BCUT2D eigenvalue weighted by molar-refractivity contribution is -0.178. The van der Waals surface area contributed by atoms with Gasteiger partial charge in [0.1, 0.15) is 13.2 Å². The minimum atomic E-state index is -4.37. The highest BCUT2D eigenvalue weighted by molar-refractivity contribution is 4.94. The number of rotatable bonds is 6. The van der Waals surface area contributed by atoms with E-state index in [1.54, 1.807) is 0 Å². The second-order valence-electron chi connectivity index (χ2n) is 5.12. The molecule has 0 radical (unpaired) electrons. The van der Waals surface area contributed by atoms with Gasteiger partial charge in [0, 0.05) is 6.54 Å². The summed E-state index contributed by atoms with van der Waals surface area (Å²) in [6.45, 7) is 0.885. The lowest BCUT2D eigenvalue weighted by Crippen LogP contribution is -2.36. The third kappa shape index (κ3) is 5.60. The van der Waals surface area contributed by atoms with Crippen molar-refractivity contribution in [2.45, 2.75) is 38.1 Å². The van der Waals surface area contributed by atoms with Crippen LogP contribution in [0.25, 0.3) is 0 Å². The van der Waals surface area contributed by atoms with E-state index in [1.807, 2.05) is 0 Å². The van der Waals surface area contributed by atoms with Crippen LogP contribution in [0.5, 0.6) is 0 Å². The Morgan fingerprint density at radius 1 is 1.29 bits per heavy atom. The van der Waals surface area contributed by atoms with E-state index in [0.717, 1.165) is 25.9 Å². The van der Waals surface area contributed by atoms with E-state index in [0.29, 0.717) is 12.4 Å². The fraction of sp³-hybridized carbons (Fsp3) is 0.833. The second kappa shape index (κ2) is 7.19. The topological polar surface area (TPSA) is 77.4 Å². The minimum absolute atomic E-state index is 0.00310. The van der Waals surface area contributed by atoms with Crippen LogP contribution in [-0.2, 0) is 11.3 Å². The number of alkyl halides is 3. The largest absolute Gasteiger partial charge is 0.411 e. The van der Waals surface area contributed by atoms with Crippen molar-refractivity contribution in [3.63, 3.8) is 0 Å². The Balaban J connectivity index is 1.78. The number of halogens is 3. The number of piperidine rings is 1. The molecule has 1 unspecified atom stereocenters. The number of hydrogen-bond acceptors (Lipinski definition) is 6. The third-order valence-electron chi connectivity index (χ3n) is 3.21. The van der Waals surface area contributed by atoms with Crippen molar-refractivity contribution >= 4 is 0 Å². The fourth-order valence-electron chi connectivity index (χ4n) is 2.23. The maximum absolute atomic E-state index is 11.9. The van der Waals surface area contributed by atoms with Gasteiger partial charge in [-0.25, -0.2) is 0 Å². The van der Waals surface area contributed by atoms with Crippen LogP contribution in [0.15, 0.2) is 4.52 Å². The minimum Gasteiger partial charge on any atom is -0.362 e. The molecule has 0 spiro atoms. The van der Waals surface area contributed by atoms with Crippen LogP contribution >= 0.6 is 0 Å².